The van der Waals surface area contributed by atoms with Gasteiger partial charge in [-0.3, -0.25) is 4.79 Å². The molecule has 0 spiro atoms. The smallest absolute Gasteiger partial charge is 0.271 e. The van der Waals surface area contributed by atoms with E-state index in [2.05, 4.69) is 41.8 Å². The number of amides is 1. The first-order valence-corrected chi connectivity index (χ1v) is 9.86. The van der Waals surface area contributed by atoms with Crippen molar-refractivity contribution in [3.05, 3.63) is 76.3 Å². The van der Waals surface area contributed by atoms with Gasteiger partial charge in [0, 0.05) is 17.7 Å². The number of benzene rings is 3. The summed E-state index contributed by atoms with van der Waals surface area (Å²) in [5.74, 6) is 0.128. The van der Waals surface area contributed by atoms with Crippen LogP contribution in [0.4, 0.5) is 0 Å². The molecule has 0 aliphatic rings. The van der Waals surface area contributed by atoms with E-state index >= 15 is 0 Å². The molecule has 0 aromatic heterocycles. The molecule has 0 unspecified atom stereocenters. The molecular weight excluding hydrogens is 386 g/mol. The number of hydrogen-bond acceptors (Lipinski definition) is 4. The van der Waals surface area contributed by atoms with E-state index in [0.29, 0.717) is 11.5 Å². The van der Waals surface area contributed by atoms with Gasteiger partial charge in [-0.25, -0.2) is 5.43 Å². The van der Waals surface area contributed by atoms with E-state index in [9.17, 15) is 9.90 Å². The molecule has 0 aliphatic carbocycles. The Kier molecular flexibility index (Phi) is 6.86. The number of nitrogens with zero attached hydrogens (tertiary/aromatic N) is 1. The molecule has 0 aliphatic heterocycles. The second-order valence-corrected chi connectivity index (χ2v) is 7.66. The Morgan fingerprint density at radius 3 is 2.62 bits per heavy atom. The van der Waals surface area contributed by atoms with Crippen molar-refractivity contribution in [2.24, 2.45) is 11.0 Å². The minimum absolute atomic E-state index is 0.0684. The number of hydrazone groups is 1. The highest BCUT2D eigenvalue weighted by atomic mass is 35.5. The van der Waals surface area contributed by atoms with Gasteiger partial charge in [0.25, 0.3) is 5.91 Å². The van der Waals surface area contributed by atoms with Gasteiger partial charge in [0.2, 0.25) is 0 Å². The van der Waals surface area contributed by atoms with Gasteiger partial charge in [0.15, 0.2) is 0 Å². The molecule has 0 fully saturated rings. The lowest BCUT2D eigenvalue weighted by atomic mass is 10.00. The lowest BCUT2D eigenvalue weighted by Gasteiger charge is -2.11. The van der Waals surface area contributed by atoms with Crippen LogP contribution in [-0.4, -0.2) is 23.8 Å². The molecule has 0 saturated carbocycles. The van der Waals surface area contributed by atoms with Crippen molar-refractivity contribution in [3.8, 4) is 5.75 Å². The number of carbonyl (C=O) groups is 1. The highest BCUT2D eigenvalue weighted by molar-refractivity contribution is 6.32. The fraction of sp³-hybridized carbons (Fsp3) is 0.217. The average Bonchev–Trinajstić information content (AvgIpc) is 2.71. The number of carbonyl (C=O) groups excluding carboxylic acids is 1. The monoisotopic (exact) mass is 409 g/mol. The van der Waals surface area contributed by atoms with Gasteiger partial charge in [-0.15, -0.1) is 0 Å². The number of aromatic hydroxyl groups is 1. The summed E-state index contributed by atoms with van der Waals surface area (Å²) in [5, 5.41) is 19.4. The maximum absolute atomic E-state index is 12.2. The summed E-state index contributed by atoms with van der Waals surface area (Å²) in [6.07, 6.45) is 1.63. The van der Waals surface area contributed by atoms with Crippen LogP contribution >= 0.6 is 11.6 Å². The van der Waals surface area contributed by atoms with E-state index in [4.69, 9.17) is 11.6 Å². The Balaban J connectivity index is 1.76. The van der Waals surface area contributed by atoms with E-state index in [1.807, 2.05) is 24.3 Å². The first-order valence-electron chi connectivity index (χ1n) is 9.49. The number of rotatable bonds is 7. The summed E-state index contributed by atoms with van der Waals surface area (Å²) in [6.45, 7) is 6.13. The van der Waals surface area contributed by atoms with Crippen molar-refractivity contribution in [1.29, 1.82) is 0 Å². The summed E-state index contributed by atoms with van der Waals surface area (Å²) in [4.78, 5) is 12.2. The maximum atomic E-state index is 12.2. The van der Waals surface area contributed by atoms with E-state index in [0.717, 1.165) is 29.4 Å². The van der Waals surface area contributed by atoms with Crippen molar-refractivity contribution in [1.82, 2.24) is 10.7 Å². The first-order chi connectivity index (χ1) is 14.0. The molecule has 0 bridgehead atoms. The lowest BCUT2D eigenvalue weighted by Crippen LogP contribution is -2.19. The Bertz CT molecular complexity index is 1050. The Morgan fingerprint density at radius 2 is 1.90 bits per heavy atom. The van der Waals surface area contributed by atoms with Gasteiger partial charge in [-0.05, 0) is 47.0 Å². The van der Waals surface area contributed by atoms with Crippen LogP contribution in [0, 0.1) is 5.92 Å². The molecule has 29 heavy (non-hydrogen) atoms. The quantitative estimate of drug-likeness (QED) is 0.391. The number of phenolic OH excluding ortho intramolecular Hbond substituents is 1. The van der Waals surface area contributed by atoms with E-state index < -0.39 is 5.91 Å². The summed E-state index contributed by atoms with van der Waals surface area (Å²) >= 11 is 5.85. The molecule has 6 heteroatoms. The van der Waals surface area contributed by atoms with Crippen molar-refractivity contribution in [3.63, 3.8) is 0 Å². The molecule has 5 nitrogen and oxygen atoms in total. The molecule has 3 aromatic carbocycles. The summed E-state index contributed by atoms with van der Waals surface area (Å²) in [7, 11) is 0. The van der Waals surface area contributed by atoms with Crippen LogP contribution in [-0.2, 0) is 6.54 Å². The molecular formula is C23H24ClN3O2. The number of fused-ring (bicyclic) bond motifs is 1. The number of phenols is 1. The number of halogens is 1. The zero-order valence-electron chi connectivity index (χ0n) is 16.4. The van der Waals surface area contributed by atoms with Crippen molar-refractivity contribution >= 4 is 34.5 Å². The van der Waals surface area contributed by atoms with Crippen molar-refractivity contribution in [2.45, 2.75) is 20.4 Å². The zero-order chi connectivity index (χ0) is 20.8. The highest BCUT2D eigenvalue weighted by Gasteiger charge is 2.08. The third-order valence-electron chi connectivity index (χ3n) is 4.50. The Morgan fingerprint density at radius 1 is 1.14 bits per heavy atom. The van der Waals surface area contributed by atoms with Gasteiger partial charge in [-0.2, -0.15) is 5.10 Å². The first kappa shape index (κ1) is 20.8. The number of hydrogen-bond donors (Lipinski definition) is 3. The van der Waals surface area contributed by atoms with Crippen LogP contribution in [0.5, 0.6) is 5.75 Å². The minimum atomic E-state index is -0.401. The van der Waals surface area contributed by atoms with E-state index in [-0.39, 0.29) is 10.8 Å². The minimum Gasteiger partial charge on any atom is -0.506 e. The summed E-state index contributed by atoms with van der Waals surface area (Å²) in [6, 6.07) is 16.5. The molecule has 0 saturated heterocycles. The summed E-state index contributed by atoms with van der Waals surface area (Å²) < 4.78 is 0. The Hall–Kier alpha value is -2.89. The zero-order valence-corrected chi connectivity index (χ0v) is 17.2. The predicted molar refractivity (Wildman–Crippen MR) is 119 cm³/mol. The van der Waals surface area contributed by atoms with Crippen molar-refractivity contribution in [2.75, 3.05) is 6.54 Å². The maximum Gasteiger partial charge on any atom is 0.271 e. The predicted octanol–water partition coefficient (Wildman–Crippen LogP) is 4.71. The third-order valence-corrected chi connectivity index (χ3v) is 4.80. The van der Waals surface area contributed by atoms with Crippen LogP contribution < -0.4 is 10.7 Å². The summed E-state index contributed by atoms with van der Waals surface area (Å²) in [5.41, 5.74) is 4.96. The standard InChI is InChI=1S/C23H24ClN3O2/c1-15(2)12-25-13-17-7-8-18(20-6-4-3-5-19(17)20)14-26-27-23(29)16-9-10-22(28)21(24)11-16/h3-11,14-15,25,28H,12-13H2,1-2H3,(H,27,29)/b26-14+. The molecule has 3 aromatic rings. The topological polar surface area (TPSA) is 73.7 Å². The molecule has 1 amide bonds. The average molecular weight is 410 g/mol. The molecule has 0 heterocycles. The second-order valence-electron chi connectivity index (χ2n) is 7.25. The molecule has 0 radical (unpaired) electrons. The van der Waals surface area contributed by atoms with Gasteiger partial charge in [0.05, 0.1) is 11.2 Å². The highest BCUT2D eigenvalue weighted by Crippen LogP contribution is 2.24. The van der Waals surface area contributed by atoms with Gasteiger partial charge >= 0.3 is 0 Å². The SMILES string of the molecule is CC(C)CNCc1ccc(/C=N/NC(=O)c2ccc(O)c(Cl)c2)c2ccccc12. The fourth-order valence-corrected chi connectivity index (χ4v) is 3.20. The lowest BCUT2D eigenvalue weighted by molar-refractivity contribution is 0.0955. The van der Waals surface area contributed by atoms with Crippen molar-refractivity contribution < 1.29 is 9.90 Å². The third kappa shape index (κ3) is 5.34. The van der Waals surface area contributed by atoms with E-state index in [1.165, 1.54) is 23.8 Å². The largest absolute Gasteiger partial charge is 0.506 e. The van der Waals surface area contributed by atoms with Crippen LogP contribution in [0.2, 0.25) is 5.02 Å². The van der Waals surface area contributed by atoms with Crippen LogP contribution in [0.25, 0.3) is 10.8 Å². The van der Waals surface area contributed by atoms with Crippen LogP contribution in [0.1, 0.15) is 35.3 Å². The van der Waals surface area contributed by atoms with Crippen LogP contribution in [0.3, 0.4) is 0 Å². The fourth-order valence-electron chi connectivity index (χ4n) is 3.02. The normalized spacial score (nSPS) is 11.4. The molecule has 3 N–H and O–H groups in total. The van der Waals surface area contributed by atoms with Crippen LogP contribution in [0.15, 0.2) is 59.7 Å². The second kappa shape index (κ2) is 9.54. The molecule has 150 valence electrons. The molecule has 0 atom stereocenters. The van der Waals surface area contributed by atoms with Gasteiger partial charge < -0.3 is 10.4 Å². The van der Waals surface area contributed by atoms with Gasteiger partial charge in [-0.1, -0.05) is 61.8 Å². The van der Waals surface area contributed by atoms with Gasteiger partial charge in [0.1, 0.15) is 5.75 Å². The molecule has 3 rings (SSSR count). The Labute approximate surface area is 175 Å². The number of nitrogens with one attached hydrogen (secondary N) is 2. The van der Waals surface area contributed by atoms with E-state index in [1.54, 1.807) is 6.21 Å².